The van der Waals surface area contributed by atoms with Crippen LogP contribution in [0.4, 0.5) is 0 Å². The minimum absolute atomic E-state index is 0.0896. The van der Waals surface area contributed by atoms with Crippen molar-refractivity contribution in [2.24, 2.45) is 0 Å². The van der Waals surface area contributed by atoms with Gasteiger partial charge in [-0.3, -0.25) is 0 Å². The summed E-state index contributed by atoms with van der Waals surface area (Å²) in [6, 6.07) is 10.3. The lowest BCUT2D eigenvalue weighted by Crippen LogP contribution is -2.18. The van der Waals surface area contributed by atoms with Gasteiger partial charge >= 0.3 is 0 Å². The van der Waals surface area contributed by atoms with E-state index in [2.05, 4.69) is 19.1 Å². The molecule has 0 aliphatic heterocycles. The molecule has 96 valence electrons. The van der Waals surface area contributed by atoms with E-state index in [1.54, 1.807) is 6.92 Å². The number of aliphatic hydroxyl groups is 1. The fraction of sp³-hybridized carbons (Fsp3) is 0.600. The molecule has 2 nitrogen and oxygen atoms in total. The van der Waals surface area contributed by atoms with Gasteiger partial charge in [0.1, 0.15) is 0 Å². The molecule has 0 bridgehead atoms. The Balaban J connectivity index is 2.60. The average Bonchev–Trinajstić information content (AvgIpc) is 2.28. The second-order valence-electron chi connectivity index (χ2n) is 4.72. The number of hydrogen-bond donors (Lipinski definition) is 1. The van der Waals surface area contributed by atoms with Crippen LogP contribution >= 0.6 is 0 Å². The zero-order valence-electron chi connectivity index (χ0n) is 11.1. The Kier molecular flexibility index (Phi) is 6.23. The highest BCUT2D eigenvalue weighted by Crippen LogP contribution is 2.25. The third-order valence-corrected chi connectivity index (χ3v) is 2.79. The van der Waals surface area contributed by atoms with Crippen molar-refractivity contribution in [2.45, 2.75) is 58.3 Å². The third kappa shape index (κ3) is 5.33. The Hall–Kier alpha value is -0.860. The minimum Gasteiger partial charge on any atom is -0.393 e. The molecule has 17 heavy (non-hydrogen) atoms. The van der Waals surface area contributed by atoms with Crippen molar-refractivity contribution in [1.29, 1.82) is 0 Å². The Morgan fingerprint density at radius 2 is 1.82 bits per heavy atom. The zero-order chi connectivity index (χ0) is 12.7. The fourth-order valence-corrected chi connectivity index (χ4v) is 2.06. The van der Waals surface area contributed by atoms with Gasteiger partial charge in [-0.15, -0.1) is 0 Å². The smallest absolute Gasteiger partial charge is 0.0828 e. The van der Waals surface area contributed by atoms with Crippen LogP contribution < -0.4 is 0 Å². The first-order valence-corrected chi connectivity index (χ1v) is 6.52. The molecule has 0 heterocycles. The van der Waals surface area contributed by atoms with Crippen LogP contribution in [0.15, 0.2) is 30.3 Å². The molecule has 3 atom stereocenters. The molecule has 1 aromatic carbocycles. The summed E-state index contributed by atoms with van der Waals surface area (Å²) in [5.41, 5.74) is 1.23. The Morgan fingerprint density at radius 3 is 2.35 bits per heavy atom. The molecule has 1 rings (SSSR count). The first kappa shape index (κ1) is 14.2. The van der Waals surface area contributed by atoms with Crippen molar-refractivity contribution in [3.63, 3.8) is 0 Å². The van der Waals surface area contributed by atoms with Gasteiger partial charge in [0.25, 0.3) is 0 Å². The van der Waals surface area contributed by atoms with Gasteiger partial charge in [-0.05, 0) is 32.3 Å². The molecule has 0 unspecified atom stereocenters. The average molecular weight is 236 g/mol. The Labute approximate surface area is 105 Å². The molecule has 0 saturated carbocycles. The van der Waals surface area contributed by atoms with Crippen molar-refractivity contribution < 1.29 is 9.84 Å². The second-order valence-corrected chi connectivity index (χ2v) is 4.72. The van der Waals surface area contributed by atoms with Crippen molar-refractivity contribution >= 4 is 0 Å². The second kappa shape index (κ2) is 7.46. The maximum absolute atomic E-state index is 9.36. The van der Waals surface area contributed by atoms with Crippen molar-refractivity contribution in [3.8, 4) is 0 Å². The molecule has 0 fully saturated rings. The minimum atomic E-state index is -0.303. The van der Waals surface area contributed by atoms with Gasteiger partial charge in [-0.1, -0.05) is 43.7 Å². The van der Waals surface area contributed by atoms with E-state index in [0.29, 0.717) is 6.42 Å². The Morgan fingerprint density at radius 1 is 1.18 bits per heavy atom. The van der Waals surface area contributed by atoms with Crippen molar-refractivity contribution in [2.75, 3.05) is 0 Å². The number of aliphatic hydroxyl groups excluding tert-OH is 1. The van der Waals surface area contributed by atoms with Crippen LogP contribution in [-0.2, 0) is 4.74 Å². The van der Waals surface area contributed by atoms with E-state index in [1.807, 2.05) is 25.1 Å². The van der Waals surface area contributed by atoms with Gasteiger partial charge in [0.15, 0.2) is 0 Å². The predicted octanol–water partition coefficient (Wildman–Crippen LogP) is 3.70. The molecule has 0 aliphatic carbocycles. The normalized spacial score (nSPS) is 16.5. The number of ether oxygens (including phenoxy) is 1. The molecule has 0 radical (unpaired) electrons. The predicted molar refractivity (Wildman–Crippen MR) is 70.9 cm³/mol. The number of hydrogen-bond acceptors (Lipinski definition) is 2. The lowest BCUT2D eigenvalue weighted by molar-refractivity contribution is -0.0294. The van der Waals surface area contributed by atoms with Gasteiger partial charge < -0.3 is 9.84 Å². The van der Waals surface area contributed by atoms with Crippen LogP contribution in [0.1, 0.15) is 51.7 Å². The van der Waals surface area contributed by atoms with Crippen LogP contribution in [0, 0.1) is 0 Å². The maximum Gasteiger partial charge on any atom is 0.0828 e. The largest absolute Gasteiger partial charge is 0.393 e. The standard InChI is InChI=1S/C15H24O2/c1-4-8-15(14-9-6-5-7-10-14)17-13(3)11-12(2)16/h5-7,9-10,12-13,15-16H,4,8,11H2,1-3H3/t12-,13-,15-/m1/s1. The molecular weight excluding hydrogens is 212 g/mol. The third-order valence-electron chi connectivity index (χ3n) is 2.79. The summed E-state index contributed by atoms with van der Waals surface area (Å²) >= 11 is 0. The molecule has 0 aromatic heterocycles. The van der Waals surface area contributed by atoms with Gasteiger partial charge in [-0.25, -0.2) is 0 Å². The summed E-state index contributed by atoms with van der Waals surface area (Å²) in [4.78, 5) is 0. The maximum atomic E-state index is 9.36. The van der Waals surface area contributed by atoms with E-state index in [9.17, 15) is 5.11 Å². The number of benzene rings is 1. The van der Waals surface area contributed by atoms with Gasteiger partial charge in [0.2, 0.25) is 0 Å². The lowest BCUT2D eigenvalue weighted by atomic mass is 10.0. The zero-order valence-corrected chi connectivity index (χ0v) is 11.1. The highest BCUT2D eigenvalue weighted by atomic mass is 16.5. The highest BCUT2D eigenvalue weighted by molar-refractivity contribution is 5.17. The van der Waals surface area contributed by atoms with E-state index in [0.717, 1.165) is 12.8 Å². The van der Waals surface area contributed by atoms with Gasteiger partial charge in [0.05, 0.1) is 18.3 Å². The van der Waals surface area contributed by atoms with Gasteiger partial charge in [-0.2, -0.15) is 0 Å². The van der Waals surface area contributed by atoms with E-state index in [1.165, 1.54) is 5.56 Å². The summed E-state index contributed by atoms with van der Waals surface area (Å²) in [5, 5.41) is 9.36. The molecule has 0 saturated heterocycles. The lowest BCUT2D eigenvalue weighted by Gasteiger charge is -2.23. The molecule has 0 spiro atoms. The monoisotopic (exact) mass is 236 g/mol. The summed E-state index contributed by atoms with van der Waals surface area (Å²) in [5.74, 6) is 0. The fourth-order valence-electron chi connectivity index (χ4n) is 2.06. The van der Waals surface area contributed by atoms with Crippen LogP contribution in [0.3, 0.4) is 0 Å². The van der Waals surface area contributed by atoms with E-state index in [4.69, 9.17) is 4.74 Å². The van der Waals surface area contributed by atoms with Crippen molar-refractivity contribution in [3.05, 3.63) is 35.9 Å². The van der Waals surface area contributed by atoms with Crippen LogP contribution in [0.2, 0.25) is 0 Å². The van der Waals surface area contributed by atoms with Crippen LogP contribution in [0.25, 0.3) is 0 Å². The number of rotatable bonds is 7. The van der Waals surface area contributed by atoms with Gasteiger partial charge in [0, 0.05) is 0 Å². The highest BCUT2D eigenvalue weighted by Gasteiger charge is 2.15. The van der Waals surface area contributed by atoms with E-state index < -0.39 is 0 Å². The Bertz CT molecular complexity index is 295. The van der Waals surface area contributed by atoms with Crippen molar-refractivity contribution in [1.82, 2.24) is 0 Å². The molecule has 2 heteroatoms. The van der Waals surface area contributed by atoms with E-state index >= 15 is 0 Å². The SMILES string of the molecule is CCC[C@@H](O[C@H](C)C[C@@H](C)O)c1ccccc1. The van der Waals surface area contributed by atoms with Crippen LogP contribution in [-0.4, -0.2) is 17.3 Å². The summed E-state index contributed by atoms with van der Waals surface area (Å²) in [7, 11) is 0. The van der Waals surface area contributed by atoms with Crippen LogP contribution in [0.5, 0.6) is 0 Å². The molecule has 0 amide bonds. The van der Waals surface area contributed by atoms with E-state index in [-0.39, 0.29) is 18.3 Å². The molecule has 1 N–H and O–H groups in total. The molecular formula is C15H24O2. The first-order valence-electron chi connectivity index (χ1n) is 6.52. The molecule has 1 aromatic rings. The summed E-state index contributed by atoms with van der Waals surface area (Å²) in [6.07, 6.45) is 2.74. The first-order chi connectivity index (χ1) is 8.13. The summed E-state index contributed by atoms with van der Waals surface area (Å²) in [6.45, 7) is 5.99. The topological polar surface area (TPSA) is 29.5 Å². The summed E-state index contributed by atoms with van der Waals surface area (Å²) < 4.78 is 6.03. The quantitative estimate of drug-likeness (QED) is 0.782. The molecule has 0 aliphatic rings.